The van der Waals surface area contributed by atoms with Crippen molar-refractivity contribution in [2.24, 2.45) is 0 Å². The van der Waals surface area contributed by atoms with Crippen molar-refractivity contribution in [1.82, 2.24) is 14.4 Å². The first-order valence-electron chi connectivity index (χ1n) is 21.8. The fourth-order valence-electron chi connectivity index (χ4n) is 10.1. The number of anilines is 6. The number of hydrogen-bond acceptors (Lipinski definition) is 4. The van der Waals surface area contributed by atoms with E-state index in [2.05, 4.69) is 226 Å². The molecule has 0 atom stereocenters. The molecule has 2 aliphatic rings. The van der Waals surface area contributed by atoms with Crippen molar-refractivity contribution in [3.63, 3.8) is 0 Å². The minimum absolute atomic E-state index is 0.0505. The van der Waals surface area contributed by atoms with Crippen LogP contribution in [0.25, 0.3) is 55.0 Å². The second-order valence-electron chi connectivity index (χ2n) is 19.1. The Kier molecular flexibility index (Phi) is 7.78. The molecular weight excluding hydrogens is 753 g/mol. The quantitative estimate of drug-likeness (QED) is 0.131. The number of benzene rings is 8. The van der Waals surface area contributed by atoms with Crippen molar-refractivity contribution in [3.05, 3.63) is 181 Å². The monoisotopic (exact) mass is 799 g/mol. The lowest BCUT2D eigenvalue weighted by atomic mass is 9.45. The number of para-hydroxylation sites is 4. The van der Waals surface area contributed by atoms with Crippen LogP contribution in [-0.2, 0) is 10.8 Å². The van der Waals surface area contributed by atoms with Crippen molar-refractivity contribution in [3.8, 4) is 11.1 Å². The Balaban J connectivity index is 1.15. The molecule has 5 nitrogen and oxygen atoms in total. The lowest BCUT2D eigenvalue weighted by molar-refractivity contribution is 0.569. The zero-order valence-corrected chi connectivity index (χ0v) is 36.0. The van der Waals surface area contributed by atoms with Gasteiger partial charge in [-0.2, -0.15) is 0 Å². The summed E-state index contributed by atoms with van der Waals surface area (Å²) >= 11 is 0. The predicted octanol–water partition coefficient (Wildman–Crippen LogP) is 13.4. The smallest absolute Gasteiger partial charge is 0.333 e. The molecule has 6 heteroatoms. The van der Waals surface area contributed by atoms with E-state index in [4.69, 9.17) is 9.97 Å². The summed E-state index contributed by atoms with van der Waals surface area (Å²) in [5, 5.41) is 2.56. The molecule has 0 saturated heterocycles. The summed E-state index contributed by atoms with van der Waals surface area (Å²) in [6, 6.07) is 62.1. The van der Waals surface area contributed by atoms with Gasteiger partial charge in [0, 0.05) is 61.5 Å². The lowest BCUT2D eigenvalue weighted by Crippen LogP contribution is -2.56. The van der Waals surface area contributed by atoms with Crippen LogP contribution in [0.1, 0.15) is 52.7 Å². The topological polar surface area (TPSA) is 37.2 Å². The molecule has 0 radical (unpaired) electrons. The van der Waals surface area contributed by atoms with Gasteiger partial charge in [0.2, 0.25) is 0 Å². The van der Waals surface area contributed by atoms with Crippen molar-refractivity contribution in [2.75, 3.05) is 9.80 Å². The normalized spacial score (nSPS) is 13.3. The van der Waals surface area contributed by atoms with E-state index in [1.165, 1.54) is 60.7 Å². The molecule has 0 aliphatic carbocycles. The summed E-state index contributed by atoms with van der Waals surface area (Å²) in [7, 11) is 0. The molecule has 0 unspecified atom stereocenters. The summed E-state index contributed by atoms with van der Waals surface area (Å²) in [6.45, 7) is 13.8. The Hall–Kier alpha value is -7.18. The molecule has 2 aliphatic heterocycles. The van der Waals surface area contributed by atoms with E-state index in [1.807, 2.05) is 0 Å². The zero-order valence-electron chi connectivity index (χ0n) is 36.0. The Bertz CT molecular complexity index is 3380. The molecule has 62 heavy (non-hydrogen) atoms. The van der Waals surface area contributed by atoms with Gasteiger partial charge in [-0.1, -0.05) is 133 Å². The van der Waals surface area contributed by atoms with E-state index >= 15 is 0 Å². The Morgan fingerprint density at radius 3 is 1.77 bits per heavy atom. The van der Waals surface area contributed by atoms with Gasteiger partial charge in [0.05, 0.1) is 22.1 Å². The highest BCUT2D eigenvalue weighted by Crippen LogP contribution is 2.47. The highest BCUT2D eigenvalue weighted by molar-refractivity contribution is 6.90. The van der Waals surface area contributed by atoms with Crippen LogP contribution in [0.15, 0.2) is 170 Å². The van der Waals surface area contributed by atoms with Crippen LogP contribution in [0.5, 0.6) is 0 Å². The summed E-state index contributed by atoms with van der Waals surface area (Å²) in [5.41, 5.74) is 20.3. The average molecular weight is 800 g/mol. The minimum atomic E-state index is -0.0856. The summed E-state index contributed by atoms with van der Waals surface area (Å²) in [4.78, 5) is 15.7. The van der Waals surface area contributed by atoms with Gasteiger partial charge in [-0.25, -0.2) is 9.97 Å². The highest BCUT2D eigenvalue weighted by atomic mass is 15.2. The van der Waals surface area contributed by atoms with Crippen LogP contribution < -0.4 is 20.7 Å². The van der Waals surface area contributed by atoms with Crippen molar-refractivity contribution >= 4 is 95.8 Å². The van der Waals surface area contributed by atoms with Crippen molar-refractivity contribution in [1.29, 1.82) is 0 Å². The molecule has 4 heterocycles. The third-order valence-corrected chi connectivity index (χ3v) is 13.2. The number of nitrogens with zero attached hydrogens (tertiary/aromatic N) is 5. The molecule has 8 aromatic carbocycles. The van der Waals surface area contributed by atoms with Crippen LogP contribution in [0.3, 0.4) is 0 Å². The Morgan fingerprint density at radius 2 is 1.06 bits per heavy atom. The highest BCUT2D eigenvalue weighted by Gasteiger charge is 2.43. The molecule has 0 N–H and O–H groups in total. The lowest BCUT2D eigenvalue weighted by Gasteiger charge is -2.41. The van der Waals surface area contributed by atoms with Crippen molar-refractivity contribution < 1.29 is 0 Å². The van der Waals surface area contributed by atoms with Crippen LogP contribution >= 0.6 is 0 Å². The van der Waals surface area contributed by atoms with E-state index in [1.54, 1.807) is 0 Å². The van der Waals surface area contributed by atoms with E-state index < -0.39 is 0 Å². The maximum Gasteiger partial charge on any atom is 0.333 e. The van der Waals surface area contributed by atoms with Gasteiger partial charge in [-0.15, -0.1) is 0 Å². The number of fused-ring (bicyclic) bond motifs is 9. The molecule has 0 spiro atoms. The SMILES string of the molecule is CC(C)(C)c1cc(N2c3cc4nc5ccc(N(c6ccccc6)c6ccccc6)cc5nc4cc3B3c4c(cccc42)-c2cccc4c5ccccc5n3c24)cc(C(C)(C)C)c1. The maximum absolute atomic E-state index is 5.50. The van der Waals surface area contributed by atoms with Gasteiger partial charge in [-0.3, -0.25) is 0 Å². The van der Waals surface area contributed by atoms with Gasteiger partial charge in [-0.05, 0) is 117 Å². The van der Waals surface area contributed by atoms with Gasteiger partial charge >= 0.3 is 6.85 Å². The van der Waals surface area contributed by atoms with Gasteiger partial charge in [0.1, 0.15) is 0 Å². The minimum Gasteiger partial charge on any atom is -0.375 e. The van der Waals surface area contributed by atoms with E-state index in [-0.39, 0.29) is 17.7 Å². The summed E-state index contributed by atoms with van der Waals surface area (Å²) in [6.07, 6.45) is 0. The average Bonchev–Trinajstić information content (AvgIpc) is 3.61. The zero-order chi connectivity index (χ0) is 42.1. The first-order chi connectivity index (χ1) is 30.0. The molecule has 0 bridgehead atoms. The van der Waals surface area contributed by atoms with Crippen molar-refractivity contribution in [2.45, 2.75) is 52.4 Å². The molecule has 12 rings (SSSR count). The van der Waals surface area contributed by atoms with E-state index in [0.29, 0.717) is 0 Å². The molecular formula is C56H46BN5. The molecule has 298 valence electrons. The standard InChI is InChI=1S/C56H46BN5/c1-55(2,3)35-29-36(56(4,5)6)31-40(30-35)61-51-26-16-22-42-44-24-15-23-43-41-21-13-14-25-50(41)62(54(43)44)57(53(42)51)45-33-48-49(34-52(45)61)58-46-28-27-39(32-47(46)59-48)60(37-17-9-7-10-18-37)38-19-11-8-12-20-38/h7-34H,1-6H3. The molecule has 2 aromatic heterocycles. The van der Waals surface area contributed by atoms with Gasteiger partial charge in [0.25, 0.3) is 0 Å². The first kappa shape index (κ1) is 36.7. The number of aromatic nitrogens is 3. The van der Waals surface area contributed by atoms with E-state index in [9.17, 15) is 0 Å². The summed E-state index contributed by atoms with van der Waals surface area (Å²) < 4.78 is 2.62. The number of hydrogen-bond donors (Lipinski definition) is 0. The maximum atomic E-state index is 5.50. The second kappa shape index (κ2) is 13.2. The summed E-state index contributed by atoms with van der Waals surface area (Å²) in [5.74, 6) is 0. The van der Waals surface area contributed by atoms with Crippen LogP contribution in [0.4, 0.5) is 34.1 Å². The second-order valence-corrected chi connectivity index (χ2v) is 19.1. The third kappa shape index (κ3) is 5.49. The molecule has 10 aromatic rings. The largest absolute Gasteiger partial charge is 0.375 e. The van der Waals surface area contributed by atoms with Gasteiger partial charge < -0.3 is 14.3 Å². The third-order valence-electron chi connectivity index (χ3n) is 13.2. The van der Waals surface area contributed by atoms with Crippen LogP contribution in [-0.4, -0.2) is 21.3 Å². The number of rotatable bonds is 4. The Morgan fingerprint density at radius 1 is 0.468 bits per heavy atom. The predicted molar refractivity (Wildman–Crippen MR) is 263 cm³/mol. The van der Waals surface area contributed by atoms with E-state index in [0.717, 1.165) is 50.5 Å². The van der Waals surface area contributed by atoms with Crippen LogP contribution in [0.2, 0.25) is 0 Å². The fourth-order valence-corrected chi connectivity index (χ4v) is 10.1. The Labute approximate surface area is 363 Å². The first-order valence-corrected chi connectivity index (χ1v) is 21.8. The van der Waals surface area contributed by atoms with Gasteiger partial charge in [0.15, 0.2) is 0 Å². The van der Waals surface area contributed by atoms with Crippen LogP contribution in [0, 0.1) is 0 Å². The fraction of sp³-hybridized carbons (Fsp3) is 0.143. The molecule has 0 saturated carbocycles. The molecule has 0 fully saturated rings. The molecule has 0 amide bonds.